The number of hydrogen-bond acceptors (Lipinski definition) is 4. The minimum atomic E-state index is 0.457. The lowest BCUT2D eigenvalue weighted by Gasteiger charge is -2.51. The maximum Gasteiger partial charge on any atom is 0.0348 e. The number of rotatable bonds is 2. The monoisotopic (exact) mass is 266 g/mol. The van der Waals surface area contributed by atoms with Gasteiger partial charge in [0.15, 0.2) is 0 Å². The Bertz CT molecular complexity index is 295. The van der Waals surface area contributed by atoms with E-state index in [1.807, 2.05) is 0 Å². The number of piperidine rings is 2. The van der Waals surface area contributed by atoms with Gasteiger partial charge in [-0.25, -0.2) is 0 Å². The summed E-state index contributed by atoms with van der Waals surface area (Å²) in [6.45, 7) is 4.90. The van der Waals surface area contributed by atoms with Crippen molar-refractivity contribution in [1.82, 2.24) is 14.7 Å². The zero-order valence-corrected chi connectivity index (χ0v) is 12.6. The van der Waals surface area contributed by atoms with Gasteiger partial charge in [-0.3, -0.25) is 9.80 Å². The van der Waals surface area contributed by atoms with Crippen LogP contribution in [-0.4, -0.2) is 79.1 Å². The highest BCUT2D eigenvalue weighted by molar-refractivity contribution is 4.96. The second-order valence-corrected chi connectivity index (χ2v) is 7.06. The fourth-order valence-electron chi connectivity index (χ4n) is 4.36. The first-order valence-corrected chi connectivity index (χ1v) is 8.03. The molecule has 0 aliphatic carbocycles. The molecule has 3 aliphatic rings. The van der Waals surface area contributed by atoms with Gasteiger partial charge in [0, 0.05) is 50.3 Å². The number of likely N-dealkylation sites (N-methyl/N-ethyl adjacent to an activating group) is 2. The minimum Gasteiger partial charge on any atom is -0.328 e. The van der Waals surface area contributed by atoms with Crippen molar-refractivity contribution >= 4 is 0 Å². The molecule has 0 aromatic rings. The van der Waals surface area contributed by atoms with Crippen molar-refractivity contribution in [3.8, 4) is 0 Å². The van der Waals surface area contributed by atoms with Crippen LogP contribution in [0.25, 0.3) is 0 Å². The molecule has 3 unspecified atom stereocenters. The van der Waals surface area contributed by atoms with Crippen molar-refractivity contribution in [2.24, 2.45) is 5.73 Å². The molecule has 3 fully saturated rings. The largest absolute Gasteiger partial charge is 0.328 e. The lowest BCUT2D eigenvalue weighted by molar-refractivity contribution is -0.00507. The van der Waals surface area contributed by atoms with Crippen LogP contribution < -0.4 is 5.73 Å². The number of nitrogens with zero attached hydrogens (tertiary/aromatic N) is 3. The highest BCUT2D eigenvalue weighted by Crippen LogP contribution is 2.33. The zero-order chi connectivity index (χ0) is 13.4. The van der Waals surface area contributed by atoms with E-state index in [-0.39, 0.29) is 0 Å². The van der Waals surface area contributed by atoms with Crippen molar-refractivity contribution < 1.29 is 0 Å². The molecule has 0 radical (unpaired) electrons. The average Bonchev–Trinajstić information content (AvgIpc) is 2.35. The fraction of sp³-hybridized carbons (Fsp3) is 1.00. The Morgan fingerprint density at radius 2 is 1.74 bits per heavy atom. The molecule has 19 heavy (non-hydrogen) atoms. The van der Waals surface area contributed by atoms with Gasteiger partial charge in [-0.2, -0.15) is 0 Å². The summed E-state index contributed by atoms with van der Waals surface area (Å²) in [5, 5.41) is 0. The van der Waals surface area contributed by atoms with Crippen LogP contribution in [0.5, 0.6) is 0 Å². The van der Waals surface area contributed by atoms with E-state index in [1.54, 1.807) is 0 Å². The van der Waals surface area contributed by atoms with Crippen LogP contribution in [0.2, 0.25) is 0 Å². The van der Waals surface area contributed by atoms with Crippen molar-refractivity contribution in [3.05, 3.63) is 0 Å². The molecule has 4 heteroatoms. The summed E-state index contributed by atoms with van der Waals surface area (Å²) in [5.74, 6) is 0. The number of nitrogens with two attached hydrogens (primary N) is 1. The highest BCUT2D eigenvalue weighted by Gasteiger charge is 2.38. The van der Waals surface area contributed by atoms with Gasteiger partial charge in [-0.05, 0) is 39.8 Å². The molecule has 0 saturated carbocycles. The predicted octanol–water partition coefficient (Wildman–Crippen LogP) is 0.576. The topological polar surface area (TPSA) is 35.7 Å². The summed E-state index contributed by atoms with van der Waals surface area (Å²) >= 11 is 0. The fourth-order valence-corrected chi connectivity index (χ4v) is 4.36. The number of hydrogen-bond donors (Lipinski definition) is 1. The average molecular weight is 266 g/mol. The van der Waals surface area contributed by atoms with Crippen molar-refractivity contribution in [2.75, 3.05) is 40.3 Å². The van der Waals surface area contributed by atoms with Crippen molar-refractivity contribution in [1.29, 1.82) is 0 Å². The van der Waals surface area contributed by atoms with Crippen LogP contribution in [0.15, 0.2) is 0 Å². The Balaban J connectivity index is 1.65. The van der Waals surface area contributed by atoms with Crippen LogP contribution in [0.3, 0.4) is 0 Å². The molecular formula is C15H30N4. The van der Waals surface area contributed by atoms with Crippen LogP contribution in [0, 0.1) is 0 Å². The smallest absolute Gasteiger partial charge is 0.0348 e. The van der Waals surface area contributed by atoms with Gasteiger partial charge in [-0.15, -0.1) is 0 Å². The van der Waals surface area contributed by atoms with Crippen molar-refractivity contribution in [3.63, 3.8) is 0 Å². The zero-order valence-electron chi connectivity index (χ0n) is 12.6. The Kier molecular flexibility index (Phi) is 4.13. The van der Waals surface area contributed by atoms with E-state index in [0.29, 0.717) is 12.1 Å². The van der Waals surface area contributed by atoms with E-state index in [0.717, 1.165) is 12.1 Å². The first kappa shape index (κ1) is 13.8. The van der Waals surface area contributed by atoms with Crippen LogP contribution >= 0.6 is 0 Å². The summed E-state index contributed by atoms with van der Waals surface area (Å²) in [6.07, 6.45) is 6.61. The third-order valence-corrected chi connectivity index (χ3v) is 5.56. The molecule has 0 aromatic heterocycles. The van der Waals surface area contributed by atoms with Crippen LogP contribution in [-0.2, 0) is 0 Å². The summed E-state index contributed by atoms with van der Waals surface area (Å²) in [6, 6.07) is 2.70. The van der Waals surface area contributed by atoms with Gasteiger partial charge in [0.2, 0.25) is 0 Å². The molecule has 3 aliphatic heterocycles. The van der Waals surface area contributed by atoms with Gasteiger partial charge in [0.05, 0.1) is 0 Å². The van der Waals surface area contributed by atoms with E-state index >= 15 is 0 Å². The normalized spacial score (nSPS) is 42.5. The SMILES string of the molecule is CN1CCN(C)C(CN2C3CCCC2CC(N)C3)C1. The summed E-state index contributed by atoms with van der Waals surface area (Å²) in [7, 11) is 4.55. The van der Waals surface area contributed by atoms with Crippen LogP contribution in [0.1, 0.15) is 32.1 Å². The summed E-state index contributed by atoms with van der Waals surface area (Å²) in [4.78, 5) is 7.85. The molecule has 0 spiro atoms. The molecule has 3 rings (SSSR count). The number of fused-ring (bicyclic) bond motifs is 2. The summed E-state index contributed by atoms with van der Waals surface area (Å²) < 4.78 is 0. The van der Waals surface area contributed by atoms with Gasteiger partial charge < -0.3 is 10.6 Å². The predicted molar refractivity (Wildman–Crippen MR) is 79.3 cm³/mol. The molecule has 3 heterocycles. The highest BCUT2D eigenvalue weighted by atomic mass is 15.3. The maximum atomic E-state index is 6.22. The maximum absolute atomic E-state index is 6.22. The number of piperazine rings is 1. The minimum absolute atomic E-state index is 0.457. The van der Waals surface area contributed by atoms with Gasteiger partial charge >= 0.3 is 0 Å². The first-order valence-electron chi connectivity index (χ1n) is 8.03. The molecule has 0 aromatic carbocycles. The Morgan fingerprint density at radius 3 is 2.42 bits per heavy atom. The third-order valence-electron chi connectivity index (χ3n) is 5.56. The third kappa shape index (κ3) is 2.97. The van der Waals surface area contributed by atoms with E-state index in [4.69, 9.17) is 5.73 Å². The Labute approximate surface area is 117 Å². The molecular weight excluding hydrogens is 236 g/mol. The van der Waals surface area contributed by atoms with Gasteiger partial charge in [-0.1, -0.05) is 6.42 Å². The van der Waals surface area contributed by atoms with Gasteiger partial charge in [0.25, 0.3) is 0 Å². The standard InChI is InChI=1S/C15H30N4/c1-17-6-7-18(2)15(10-17)11-19-13-4-3-5-14(19)9-12(16)8-13/h12-15H,3-11,16H2,1-2H3. The Hall–Kier alpha value is -0.160. The molecule has 2 bridgehead atoms. The second kappa shape index (κ2) is 5.68. The second-order valence-electron chi connectivity index (χ2n) is 7.06. The Morgan fingerprint density at radius 1 is 1.05 bits per heavy atom. The van der Waals surface area contributed by atoms with Gasteiger partial charge in [0.1, 0.15) is 0 Å². The van der Waals surface area contributed by atoms with E-state index < -0.39 is 0 Å². The summed E-state index contributed by atoms with van der Waals surface area (Å²) in [5.41, 5.74) is 6.22. The molecule has 110 valence electrons. The molecule has 0 amide bonds. The van der Waals surface area contributed by atoms with Crippen molar-refractivity contribution in [2.45, 2.75) is 56.3 Å². The molecule has 4 nitrogen and oxygen atoms in total. The lowest BCUT2D eigenvalue weighted by atomic mass is 9.81. The van der Waals surface area contributed by atoms with E-state index in [9.17, 15) is 0 Å². The van der Waals surface area contributed by atoms with E-state index in [2.05, 4.69) is 28.8 Å². The lowest BCUT2D eigenvalue weighted by Crippen LogP contribution is -2.61. The molecule has 3 atom stereocenters. The molecule has 3 saturated heterocycles. The quantitative estimate of drug-likeness (QED) is 0.793. The first-order chi connectivity index (χ1) is 9.13. The molecule has 2 N–H and O–H groups in total. The van der Waals surface area contributed by atoms with Crippen LogP contribution in [0.4, 0.5) is 0 Å². The van der Waals surface area contributed by atoms with E-state index in [1.165, 1.54) is 58.3 Å².